The molecule has 1 aliphatic carbocycles. The monoisotopic (exact) mass is 306 g/mol. The molecule has 2 aromatic carbocycles. The van der Waals surface area contributed by atoms with Crippen molar-refractivity contribution in [1.82, 2.24) is 0 Å². The molecule has 0 unspecified atom stereocenters. The van der Waals surface area contributed by atoms with Crippen molar-refractivity contribution in [2.75, 3.05) is 0 Å². The van der Waals surface area contributed by atoms with Gasteiger partial charge in [-0.15, -0.1) is 0 Å². The SMILES string of the molecule is CC[C@@H](CC1=C(O)c2ccccc2C(=O)C1=O)c1ccccc1. The van der Waals surface area contributed by atoms with E-state index >= 15 is 0 Å². The third-order valence-electron chi connectivity index (χ3n) is 4.41. The minimum absolute atomic E-state index is 0.0559. The van der Waals surface area contributed by atoms with Gasteiger partial charge in [0.05, 0.1) is 0 Å². The van der Waals surface area contributed by atoms with Crippen LogP contribution in [0.5, 0.6) is 0 Å². The van der Waals surface area contributed by atoms with Crippen LogP contribution in [0.4, 0.5) is 0 Å². The summed E-state index contributed by atoms with van der Waals surface area (Å²) in [7, 11) is 0. The van der Waals surface area contributed by atoms with Gasteiger partial charge >= 0.3 is 0 Å². The Labute approximate surface area is 135 Å². The summed E-state index contributed by atoms with van der Waals surface area (Å²) in [5.41, 5.74) is 2.07. The highest BCUT2D eigenvalue weighted by Crippen LogP contribution is 2.34. The van der Waals surface area contributed by atoms with Crippen molar-refractivity contribution >= 4 is 17.3 Å². The van der Waals surface area contributed by atoms with Crippen LogP contribution in [0.3, 0.4) is 0 Å². The summed E-state index contributed by atoms with van der Waals surface area (Å²) in [5, 5.41) is 10.5. The van der Waals surface area contributed by atoms with Crippen LogP contribution in [0.25, 0.3) is 5.76 Å². The van der Waals surface area contributed by atoms with E-state index in [-0.39, 0.29) is 22.8 Å². The van der Waals surface area contributed by atoms with Crippen LogP contribution in [-0.2, 0) is 4.79 Å². The van der Waals surface area contributed by atoms with Crippen molar-refractivity contribution in [2.45, 2.75) is 25.7 Å². The zero-order chi connectivity index (χ0) is 16.4. The van der Waals surface area contributed by atoms with Crippen LogP contribution in [0.15, 0.2) is 60.2 Å². The topological polar surface area (TPSA) is 54.4 Å². The van der Waals surface area contributed by atoms with Gasteiger partial charge in [0.1, 0.15) is 5.76 Å². The fraction of sp³-hybridized carbons (Fsp3) is 0.200. The molecule has 0 aromatic heterocycles. The molecule has 0 saturated heterocycles. The van der Waals surface area contributed by atoms with Crippen molar-refractivity contribution in [3.05, 3.63) is 76.9 Å². The molecule has 1 aliphatic rings. The predicted molar refractivity (Wildman–Crippen MR) is 89.4 cm³/mol. The van der Waals surface area contributed by atoms with Crippen molar-refractivity contribution in [2.24, 2.45) is 0 Å². The first-order valence-electron chi connectivity index (χ1n) is 7.79. The molecule has 1 N–H and O–H groups in total. The Balaban J connectivity index is 2.01. The summed E-state index contributed by atoms with van der Waals surface area (Å²) in [6.07, 6.45) is 1.19. The number of ketones is 2. The summed E-state index contributed by atoms with van der Waals surface area (Å²) in [6.45, 7) is 2.04. The van der Waals surface area contributed by atoms with E-state index in [0.717, 1.165) is 12.0 Å². The third kappa shape index (κ3) is 2.70. The normalized spacial score (nSPS) is 15.5. The van der Waals surface area contributed by atoms with Gasteiger partial charge in [0.15, 0.2) is 0 Å². The summed E-state index contributed by atoms with van der Waals surface area (Å²) < 4.78 is 0. The number of hydrogen-bond donors (Lipinski definition) is 1. The van der Waals surface area contributed by atoms with E-state index in [2.05, 4.69) is 0 Å². The van der Waals surface area contributed by atoms with Crippen LogP contribution in [-0.4, -0.2) is 16.7 Å². The Morgan fingerprint density at radius 1 is 0.870 bits per heavy atom. The van der Waals surface area contributed by atoms with Gasteiger partial charge in [-0.1, -0.05) is 61.5 Å². The lowest BCUT2D eigenvalue weighted by Crippen LogP contribution is -2.25. The standard InChI is InChI=1S/C20H18O3/c1-2-13(14-8-4-3-5-9-14)12-17-18(21)15-10-6-7-11-16(15)19(22)20(17)23/h3-11,13,21H,2,12H2,1H3/t13-/m0/s1. The number of aliphatic hydroxyl groups is 1. The van der Waals surface area contributed by atoms with Gasteiger partial charge in [0.2, 0.25) is 11.6 Å². The number of rotatable bonds is 4. The van der Waals surface area contributed by atoms with E-state index < -0.39 is 11.6 Å². The maximum atomic E-state index is 12.4. The number of Topliss-reactive ketones (excluding diaryl/α,β-unsaturated/α-hetero) is 2. The van der Waals surface area contributed by atoms with Gasteiger partial charge in [-0.05, 0) is 24.3 Å². The fourth-order valence-electron chi connectivity index (χ4n) is 3.08. The van der Waals surface area contributed by atoms with Gasteiger partial charge in [-0.3, -0.25) is 9.59 Å². The number of hydrogen-bond acceptors (Lipinski definition) is 3. The quantitative estimate of drug-likeness (QED) is 0.857. The Morgan fingerprint density at radius 3 is 2.13 bits per heavy atom. The van der Waals surface area contributed by atoms with Crippen molar-refractivity contribution in [3.63, 3.8) is 0 Å². The predicted octanol–water partition coefficient (Wildman–Crippen LogP) is 4.31. The first-order chi connectivity index (χ1) is 11.1. The number of carbonyl (C=O) groups excluding carboxylic acids is 2. The highest BCUT2D eigenvalue weighted by atomic mass is 16.3. The van der Waals surface area contributed by atoms with E-state index in [9.17, 15) is 14.7 Å². The zero-order valence-corrected chi connectivity index (χ0v) is 13.0. The molecule has 0 spiro atoms. The second-order valence-corrected chi connectivity index (χ2v) is 5.75. The van der Waals surface area contributed by atoms with E-state index in [1.807, 2.05) is 37.3 Å². The van der Waals surface area contributed by atoms with E-state index in [4.69, 9.17) is 0 Å². The summed E-state index contributed by atoms with van der Waals surface area (Å²) in [5.74, 6) is -1.08. The molecule has 0 radical (unpaired) electrons. The third-order valence-corrected chi connectivity index (χ3v) is 4.41. The molecular weight excluding hydrogens is 288 g/mol. The molecule has 116 valence electrons. The number of fused-ring (bicyclic) bond motifs is 1. The highest BCUT2D eigenvalue weighted by Gasteiger charge is 2.33. The maximum absolute atomic E-state index is 12.4. The summed E-state index contributed by atoms with van der Waals surface area (Å²) >= 11 is 0. The molecule has 0 saturated carbocycles. The molecule has 0 bridgehead atoms. The van der Waals surface area contributed by atoms with Gasteiger partial charge < -0.3 is 5.11 Å². The first kappa shape index (κ1) is 15.2. The van der Waals surface area contributed by atoms with Crippen LogP contribution in [0, 0.1) is 0 Å². The molecule has 3 heteroatoms. The van der Waals surface area contributed by atoms with Crippen LogP contribution in [0.1, 0.15) is 47.2 Å². The zero-order valence-electron chi connectivity index (χ0n) is 13.0. The van der Waals surface area contributed by atoms with Gasteiger partial charge in [0, 0.05) is 16.7 Å². The number of carbonyl (C=O) groups is 2. The van der Waals surface area contributed by atoms with Gasteiger partial charge in [-0.25, -0.2) is 0 Å². The first-order valence-corrected chi connectivity index (χ1v) is 7.79. The molecular formula is C20H18O3. The van der Waals surface area contributed by atoms with Gasteiger partial charge in [-0.2, -0.15) is 0 Å². The minimum atomic E-state index is -0.587. The lowest BCUT2D eigenvalue weighted by molar-refractivity contribution is -0.112. The average Bonchev–Trinajstić information content (AvgIpc) is 2.61. The number of benzene rings is 2. The van der Waals surface area contributed by atoms with Gasteiger partial charge in [0.25, 0.3) is 0 Å². The molecule has 2 aromatic rings. The molecule has 3 nitrogen and oxygen atoms in total. The maximum Gasteiger partial charge on any atom is 0.234 e. The molecule has 23 heavy (non-hydrogen) atoms. The lowest BCUT2D eigenvalue weighted by Gasteiger charge is -2.21. The van der Waals surface area contributed by atoms with E-state index in [1.165, 1.54) is 0 Å². The second-order valence-electron chi connectivity index (χ2n) is 5.75. The molecule has 0 fully saturated rings. The van der Waals surface area contributed by atoms with Crippen LogP contribution in [0.2, 0.25) is 0 Å². The molecule has 0 amide bonds. The second kappa shape index (κ2) is 6.21. The molecule has 0 aliphatic heterocycles. The highest BCUT2D eigenvalue weighted by molar-refractivity contribution is 6.52. The summed E-state index contributed by atoms with van der Waals surface area (Å²) in [6, 6.07) is 16.6. The van der Waals surface area contributed by atoms with Crippen LogP contribution < -0.4 is 0 Å². The molecule has 0 heterocycles. The Morgan fingerprint density at radius 2 is 1.48 bits per heavy atom. The smallest absolute Gasteiger partial charge is 0.234 e. The Hall–Kier alpha value is -2.68. The lowest BCUT2D eigenvalue weighted by atomic mass is 9.81. The number of allylic oxidation sites excluding steroid dienone is 1. The Bertz CT molecular complexity index is 788. The van der Waals surface area contributed by atoms with E-state index in [1.54, 1.807) is 24.3 Å². The minimum Gasteiger partial charge on any atom is -0.507 e. The Kier molecular flexibility index (Phi) is 4.11. The van der Waals surface area contributed by atoms with Crippen LogP contribution >= 0.6 is 0 Å². The fourth-order valence-corrected chi connectivity index (χ4v) is 3.08. The van der Waals surface area contributed by atoms with E-state index in [0.29, 0.717) is 12.0 Å². The molecule has 1 atom stereocenters. The average molecular weight is 306 g/mol. The largest absolute Gasteiger partial charge is 0.507 e. The van der Waals surface area contributed by atoms with Crippen molar-refractivity contribution in [1.29, 1.82) is 0 Å². The summed E-state index contributed by atoms with van der Waals surface area (Å²) in [4.78, 5) is 24.7. The molecule has 3 rings (SSSR count). The van der Waals surface area contributed by atoms with Crippen molar-refractivity contribution in [3.8, 4) is 0 Å². The van der Waals surface area contributed by atoms with Crippen molar-refractivity contribution < 1.29 is 14.7 Å². The number of aliphatic hydroxyl groups excluding tert-OH is 1.